The highest BCUT2D eigenvalue weighted by Gasteiger charge is 2.66. The first-order valence-corrected chi connectivity index (χ1v) is 10.6. The maximum absolute atomic E-state index is 13.8. The second-order valence-corrected chi connectivity index (χ2v) is 8.13. The average Bonchev–Trinajstić information content (AvgIpc) is 3.17. The van der Waals surface area contributed by atoms with Crippen LogP contribution in [-0.4, -0.2) is 62.0 Å². The third-order valence-electron chi connectivity index (χ3n) is 6.34. The van der Waals surface area contributed by atoms with Gasteiger partial charge >= 0.3 is 0 Å². The molecule has 8 heteroatoms. The zero-order valence-electron chi connectivity index (χ0n) is 19.0. The molecule has 1 saturated heterocycles. The van der Waals surface area contributed by atoms with Gasteiger partial charge in [0.05, 0.1) is 12.7 Å². The first kappa shape index (κ1) is 22.5. The minimum Gasteiger partial charge on any atom is -0.507 e. The number of aliphatic hydroxyl groups is 1. The number of amides is 2. The third-order valence-corrected chi connectivity index (χ3v) is 6.34. The number of rotatable bonds is 6. The van der Waals surface area contributed by atoms with Crippen LogP contribution in [-0.2, 0) is 24.7 Å². The smallest absolute Gasteiger partial charge is 0.296 e. The predicted molar refractivity (Wildman–Crippen MR) is 122 cm³/mol. The maximum Gasteiger partial charge on any atom is 0.296 e. The van der Waals surface area contributed by atoms with Gasteiger partial charge in [0.2, 0.25) is 0 Å². The van der Waals surface area contributed by atoms with Crippen LogP contribution in [0.1, 0.15) is 23.1 Å². The lowest BCUT2D eigenvalue weighted by atomic mass is 9.81. The number of likely N-dealkylation sites (tertiary alicyclic amines) is 1. The molecule has 0 unspecified atom stereocenters. The van der Waals surface area contributed by atoms with Gasteiger partial charge in [-0.25, -0.2) is 0 Å². The topological polar surface area (TPSA) is 96.4 Å². The van der Waals surface area contributed by atoms with Crippen LogP contribution in [0.25, 0.3) is 5.76 Å². The summed E-state index contributed by atoms with van der Waals surface area (Å²) in [5, 5.41) is 11.4. The van der Waals surface area contributed by atoms with Crippen molar-refractivity contribution in [2.75, 3.05) is 39.3 Å². The SMILES string of the molecule is COCCCN1C(=O)C(=O)C(=C(O)c2ccc(OC)c(C)c2)[C@]12C(=O)N(C)c1ccccc12. The molecule has 1 fully saturated rings. The van der Waals surface area contributed by atoms with Crippen molar-refractivity contribution in [2.24, 2.45) is 0 Å². The second kappa shape index (κ2) is 8.37. The van der Waals surface area contributed by atoms with E-state index in [-0.39, 0.29) is 12.1 Å². The molecule has 1 atom stereocenters. The molecule has 0 radical (unpaired) electrons. The largest absolute Gasteiger partial charge is 0.507 e. The van der Waals surface area contributed by atoms with Crippen molar-refractivity contribution in [3.05, 3.63) is 64.7 Å². The highest BCUT2D eigenvalue weighted by atomic mass is 16.5. The van der Waals surface area contributed by atoms with Gasteiger partial charge in [-0.05, 0) is 43.2 Å². The van der Waals surface area contributed by atoms with Crippen molar-refractivity contribution in [1.29, 1.82) is 0 Å². The number of hydrogen-bond acceptors (Lipinski definition) is 6. The molecule has 0 aromatic heterocycles. The minimum atomic E-state index is -1.74. The molecule has 1 N–H and O–H groups in total. The summed E-state index contributed by atoms with van der Waals surface area (Å²) in [7, 11) is 4.68. The summed E-state index contributed by atoms with van der Waals surface area (Å²) >= 11 is 0. The van der Waals surface area contributed by atoms with E-state index in [4.69, 9.17) is 9.47 Å². The van der Waals surface area contributed by atoms with Gasteiger partial charge in [0.1, 0.15) is 11.5 Å². The number of carbonyl (C=O) groups excluding carboxylic acids is 3. The summed E-state index contributed by atoms with van der Waals surface area (Å²) in [6, 6.07) is 11.9. The van der Waals surface area contributed by atoms with E-state index in [0.717, 1.165) is 5.56 Å². The van der Waals surface area contributed by atoms with E-state index in [2.05, 4.69) is 0 Å². The zero-order valence-corrected chi connectivity index (χ0v) is 19.0. The number of Topliss-reactive ketones (excluding diaryl/α,β-unsaturated/α-hetero) is 1. The highest BCUT2D eigenvalue weighted by Crippen LogP contribution is 2.53. The number of anilines is 1. The van der Waals surface area contributed by atoms with Crippen molar-refractivity contribution in [2.45, 2.75) is 18.9 Å². The van der Waals surface area contributed by atoms with Gasteiger partial charge in [-0.15, -0.1) is 0 Å². The first-order valence-electron chi connectivity index (χ1n) is 10.6. The molecular formula is C25H26N2O6. The molecule has 2 aliphatic heterocycles. The number of hydrogen-bond donors (Lipinski definition) is 1. The Labute approximate surface area is 192 Å². The van der Waals surface area contributed by atoms with E-state index in [1.54, 1.807) is 63.5 Å². The number of benzene rings is 2. The summed E-state index contributed by atoms with van der Waals surface area (Å²) in [4.78, 5) is 43.1. The molecule has 2 aromatic carbocycles. The average molecular weight is 450 g/mol. The van der Waals surface area contributed by atoms with E-state index >= 15 is 0 Å². The van der Waals surface area contributed by atoms with E-state index in [1.165, 1.54) is 16.9 Å². The van der Waals surface area contributed by atoms with Crippen LogP contribution in [0.5, 0.6) is 5.75 Å². The zero-order chi connectivity index (χ0) is 23.9. The second-order valence-electron chi connectivity index (χ2n) is 8.13. The van der Waals surface area contributed by atoms with E-state index < -0.39 is 28.9 Å². The molecule has 2 amide bonds. The Kier molecular flexibility index (Phi) is 5.71. The Morgan fingerprint density at radius 1 is 1.09 bits per heavy atom. The molecule has 0 aliphatic carbocycles. The number of ether oxygens (including phenoxy) is 2. The molecule has 1 spiro atoms. The minimum absolute atomic E-state index is 0.116. The molecular weight excluding hydrogens is 424 g/mol. The standard InChI is InChI=1S/C25H26N2O6/c1-15-14-16(10-11-19(15)33-4)21(28)20-22(29)23(30)27(12-7-13-32-3)25(20)17-8-5-6-9-18(17)26(2)24(25)31/h5-6,8-11,14,28H,7,12-13H2,1-4H3/t25-/m1/s1. The van der Waals surface area contributed by atoms with E-state index in [1.807, 2.05) is 0 Å². The molecule has 172 valence electrons. The highest BCUT2D eigenvalue weighted by molar-refractivity contribution is 6.50. The fourth-order valence-corrected chi connectivity index (χ4v) is 4.81. The molecule has 0 saturated carbocycles. The molecule has 2 aliphatic rings. The number of nitrogens with zero attached hydrogens (tertiary/aromatic N) is 2. The normalized spacial score (nSPS) is 21.3. The van der Waals surface area contributed by atoms with Crippen LogP contribution in [0.3, 0.4) is 0 Å². The lowest BCUT2D eigenvalue weighted by molar-refractivity contribution is -0.143. The van der Waals surface area contributed by atoms with Crippen LogP contribution in [0, 0.1) is 6.92 Å². The number of aryl methyl sites for hydroxylation is 1. The van der Waals surface area contributed by atoms with Crippen LogP contribution in [0.4, 0.5) is 5.69 Å². The number of methoxy groups -OCH3 is 2. The lowest BCUT2D eigenvalue weighted by Gasteiger charge is -2.34. The first-order chi connectivity index (χ1) is 15.8. The van der Waals surface area contributed by atoms with Gasteiger partial charge in [-0.3, -0.25) is 14.4 Å². The summed E-state index contributed by atoms with van der Waals surface area (Å²) in [5.41, 5.74) is 0.156. The Morgan fingerprint density at radius 3 is 2.48 bits per heavy atom. The fraction of sp³-hybridized carbons (Fsp3) is 0.320. The van der Waals surface area contributed by atoms with Crippen molar-refractivity contribution in [3.8, 4) is 5.75 Å². The Balaban J connectivity index is 2.01. The number of ketones is 1. The van der Waals surface area contributed by atoms with Crippen LogP contribution < -0.4 is 9.64 Å². The third kappa shape index (κ3) is 3.13. The summed E-state index contributed by atoms with van der Waals surface area (Å²) in [5.74, 6) is -1.96. The molecule has 2 aromatic rings. The maximum atomic E-state index is 13.8. The molecule has 33 heavy (non-hydrogen) atoms. The summed E-state index contributed by atoms with van der Waals surface area (Å²) in [6.07, 6.45) is 0.423. The van der Waals surface area contributed by atoms with Crippen LogP contribution in [0.2, 0.25) is 0 Å². The molecule has 4 rings (SSSR count). The van der Waals surface area contributed by atoms with Gasteiger partial charge in [-0.2, -0.15) is 0 Å². The lowest BCUT2D eigenvalue weighted by Crippen LogP contribution is -2.51. The quantitative estimate of drug-likeness (QED) is 0.315. The summed E-state index contributed by atoms with van der Waals surface area (Å²) in [6.45, 7) is 2.27. The summed E-state index contributed by atoms with van der Waals surface area (Å²) < 4.78 is 10.4. The number of carbonyl (C=O) groups is 3. The van der Waals surface area contributed by atoms with Crippen molar-refractivity contribution in [3.63, 3.8) is 0 Å². The van der Waals surface area contributed by atoms with Gasteiger partial charge in [0.25, 0.3) is 17.6 Å². The van der Waals surface area contributed by atoms with Gasteiger partial charge in [0.15, 0.2) is 5.54 Å². The van der Waals surface area contributed by atoms with Crippen LogP contribution in [0.15, 0.2) is 48.0 Å². The van der Waals surface area contributed by atoms with E-state index in [9.17, 15) is 19.5 Å². The van der Waals surface area contributed by atoms with Crippen molar-refractivity contribution in [1.82, 2.24) is 4.90 Å². The van der Waals surface area contributed by atoms with E-state index in [0.29, 0.717) is 35.6 Å². The number of para-hydroxylation sites is 1. The molecule has 8 nitrogen and oxygen atoms in total. The van der Waals surface area contributed by atoms with Crippen molar-refractivity contribution < 1.29 is 29.0 Å². The van der Waals surface area contributed by atoms with Crippen LogP contribution >= 0.6 is 0 Å². The monoisotopic (exact) mass is 450 g/mol. The van der Waals surface area contributed by atoms with Gasteiger partial charge in [-0.1, -0.05) is 18.2 Å². The van der Waals surface area contributed by atoms with Crippen molar-refractivity contribution >= 4 is 29.0 Å². The Morgan fingerprint density at radius 2 is 1.82 bits per heavy atom. The number of fused-ring (bicyclic) bond motifs is 2. The molecule has 0 bridgehead atoms. The number of likely N-dealkylation sites (N-methyl/N-ethyl adjacent to an activating group) is 1. The molecule has 2 heterocycles. The fourth-order valence-electron chi connectivity index (χ4n) is 4.81. The van der Waals surface area contributed by atoms with Gasteiger partial charge < -0.3 is 24.4 Å². The van der Waals surface area contributed by atoms with Gasteiger partial charge in [0, 0.05) is 44.1 Å². The number of aliphatic hydroxyl groups excluding tert-OH is 1. The Bertz CT molecular complexity index is 1190. The Hall–Kier alpha value is -3.65. The predicted octanol–water partition coefficient (Wildman–Crippen LogP) is 2.59.